The van der Waals surface area contributed by atoms with E-state index in [4.69, 9.17) is 0 Å². The minimum atomic E-state index is -4.34. The summed E-state index contributed by atoms with van der Waals surface area (Å²) in [6.07, 6.45) is -3.41. The smallest absolute Gasteiger partial charge is 0.416 e. The minimum Gasteiger partial charge on any atom is -0.785 e. The Morgan fingerprint density at radius 2 is 1.67 bits per heavy atom. The molecule has 3 aromatic rings. The van der Waals surface area contributed by atoms with E-state index in [1.165, 1.54) is 6.07 Å². The van der Waals surface area contributed by atoms with Crippen molar-refractivity contribution < 1.29 is 13.2 Å². The van der Waals surface area contributed by atoms with Crippen molar-refractivity contribution in [2.75, 3.05) is 6.54 Å². The maximum atomic E-state index is 12.8. The Labute approximate surface area is 156 Å². The molecule has 0 aliphatic heterocycles. The number of alkyl halides is 3. The summed E-state index contributed by atoms with van der Waals surface area (Å²) in [4.78, 5) is 0. The van der Waals surface area contributed by atoms with Gasteiger partial charge in [0.25, 0.3) is 0 Å². The number of hydrogen-bond donors (Lipinski definition) is 0. The Morgan fingerprint density at radius 1 is 0.963 bits per heavy atom. The van der Waals surface area contributed by atoms with E-state index >= 15 is 0 Å². The maximum Gasteiger partial charge on any atom is 0.416 e. The number of rotatable bonds is 6. The SMILES string of the molecule is CC(c1cccc2ccccc12)N([O-])CCCc1cccc(C(F)(F)F)c1. The van der Waals surface area contributed by atoms with Crippen LogP contribution < -0.4 is 0 Å². The van der Waals surface area contributed by atoms with Crippen LogP contribution in [0.25, 0.3) is 10.8 Å². The van der Waals surface area contributed by atoms with Crippen molar-refractivity contribution in [2.45, 2.75) is 32.0 Å². The molecule has 0 bridgehead atoms. The van der Waals surface area contributed by atoms with Crippen molar-refractivity contribution >= 4 is 10.8 Å². The fourth-order valence-corrected chi connectivity index (χ4v) is 3.31. The lowest BCUT2D eigenvalue weighted by Crippen LogP contribution is -2.22. The highest BCUT2D eigenvalue weighted by molar-refractivity contribution is 5.86. The number of fused-ring (bicyclic) bond motifs is 1. The molecule has 0 spiro atoms. The number of hydroxylamine groups is 2. The third-order valence-corrected chi connectivity index (χ3v) is 4.80. The van der Waals surface area contributed by atoms with Crippen molar-refractivity contribution in [3.05, 3.63) is 88.6 Å². The summed E-state index contributed by atoms with van der Waals surface area (Å²) in [6, 6.07) is 18.8. The molecule has 3 rings (SSSR count). The van der Waals surface area contributed by atoms with Gasteiger partial charge in [0.05, 0.1) is 5.56 Å². The Morgan fingerprint density at radius 3 is 2.44 bits per heavy atom. The highest BCUT2D eigenvalue weighted by Crippen LogP contribution is 2.30. The van der Waals surface area contributed by atoms with Gasteiger partial charge in [0.1, 0.15) is 0 Å². The topological polar surface area (TPSA) is 26.3 Å². The molecular formula is C22H21F3NO-. The van der Waals surface area contributed by atoms with E-state index in [0.717, 1.165) is 33.5 Å². The molecule has 1 atom stereocenters. The number of benzene rings is 3. The van der Waals surface area contributed by atoms with E-state index in [1.54, 1.807) is 6.07 Å². The largest absolute Gasteiger partial charge is 0.785 e. The molecule has 0 N–H and O–H groups in total. The lowest BCUT2D eigenvalue weighted by Gasteiger charge is -2.35. The van der Waals surface area contributed by atoms with Crippen LogP contribution in [0.15, 0.2) is 66.7 Å². The van der Waals surface area contributed by atoms with E-state index in [0.29, 0.717) is 18.4 Å². The predicted molar refractivity (Wildman–Crippen MR) is 102 cm³/mol. The van der Waals surface area contributed by atoms with E-state index < -0.39 is 11.7 Å². The molecule has 5 heteroatoms. The zero-order valence-corrected chi connectivity index (χ0v) is 15.0. The summed E-state index contributed by atoms with van der Waals surface area (Å²) in [6.45, 7) is 2.12. The summed E-state index contributed by atoms with van der Waals surface area (Å²) in [5.41, 5.74) is 0.904. The minimum absolute atomic E-state index is 0.265. The molecule has 0 aromatic heterocycles. The van der Waals surface area contributed by atoms with Crippen LogP contribution in [0, 0.1) is 5.21 Å². The van der Waals surface area contributed by atoms with Crippen molar-refractivity contribution in [3.63, 3.8) is 0 Å². The second kappa shape index (κ2) is 8.11. The van der Waals surface area contributed by atoms with Crippen molar-refractivity contribution in [1.82, 2.24) is 5.06 Å². The molecule has 0 fully saturated rings. The molecule has 0 saturated heterocycles. The summed E-state index contributed by atoms with van der Waals surface area (Å²) >= 11 is 0. The molecular weight excluding hydrogens is 351 g/mol. The predicted octanol–water partition coefficient (Wildman–Crippen LogP) is 6.35. The number of hydrogen-bond acceptors (Lipinski definition) is 2. The van der Waals surface area contributed by atoms with Crippen LogP contribution in [0.3, 0.4) is 0 Å². The lowest BCUT2D eigenvalue weighted by atomic mass is 9.99. The Hall–Kier alpha value is -2.37. The second-order valence-corrected chi connectivity index (χ2v) is 6.69. The van der Waals surface area contributed by atoms with Gasteiger partial charge in [-0.15, -0.1) is 0 Å². The summed E-state index contributed by atoms with van der Waals surface area (Å²) in [7, 11) is 0. The van der Waals surface area contributed by atoms with Gasteiger partial charge in [0.2, 0.25) is 0 Å². The fraction of sp³-hybridized carbons (Fsp3) is 0.273. The Bertz CT molecular complexity index is 902. The zero-order chi connectivity index (χ0) is 19.4. The molecule has 0 aliphatic rings. The van der Waals surface area contributed by atoms with Crippen LogP contribution in [0.4, 0.5) is 13.2 Å². The van der Waals surface area contributed by atoms with E-state index in [2.05, 4.69) is 0 Å². The highest BCUT2D eigenvalue weighted by atomic mass is 19.4. The molecule has 0 aliphatic carbocycles. The van der Waals surface area contributed by atoms with Crippen LogP contribution in [-0.4, -0.2) is 11.6 Å². The molecule has 0 heterocycles. The first-order valence-electron chi connectivity index (χ1n) is 8.94. The maximum absolute atomic E-state index is 12.8. The van der Waals surface area contributed by atoms with E-state index in [1.807, 2.05) is 49.4 Å². The normalized spacial score (nSPS) is 13.3. The van der Waals surface area contributed by atoms with Gasteiger partial charge in [-0.2, -0.15) is 13.2 Å². The zero-order valence-electron chi connectivity index (χ0n) is 15.0. The molecule has 1 unspecified atom stereocenters. The third-order valence-electron chi connectivity index (χ3n) is 4.80. The van der Waals surface area contributed by atoms with Crippen molar-refractivity contribution in [2.24, 2.45) is 0 Å². The molecule has 3 aromatic carbocycles. The summed E-state index contributed by atoms with van der Waals surface area (Å²) in [5.74, 6) is 0. The molecule has 2 nitrogen and oxygen atoms in total. The van der Waals surface area contributed by atoms with E-state index in [-0.39, 0.29) is 12.6 Å². The van der Waals surface area contributed by atoms with Gasteiger partial charge in [-0.05, 0) is 54.3 Å². The van der Waals surface area contributed by atoms with Gasteiger partial charge in [-0.1, -0.05) is 60.7 Å². The number of nitrogens with zero attached hydrogens (tertiary/aromatic N) is 1. The lowest BCUT2D eigenvalue weighted by molar-refractivity contribution is -0.137. The Kier molecular flexibility index (Phi) is 5.82. The summed E-state index contributed by atoms with van der Waals surface area (Å²) < 4.78 is 38.3. The average Bonchev–Trinajstić information content (AvgIpc) is 2.66. The van der Waals surface area contributed by atoms with Gasteiger partial charge in [0, 0.05) is 6.04 Å². The monoisotopic (exact) mass is 372 g/mol. The first-order chi connectivity index (χ1) is 12.9. The van der Waals surface area contributed by atoms with E-state index in [9.17, 15) is 18.4 Å². The standard InChI is InChI=1S/C22H21F3NO/c1-16(20-13-5-10-18-9-2-3-12-21(18)20)26(27)14-6-8-17-7-4-11-19(15-17)22(23,24)25/h2-5,7,9-13,15-16H,6,8,14H2,1H3/q-1. The quantitative estimate of drug-likeness (QED) is 0.471. The van der Waals surface area contributed by atoms with Gasteiger partial charge in [-0.25, -0.2) is 0 Å². The Balaban J connectivity index is 1.63. The van der Waals surface area contributed by atoms with Crippen molar-refractivity contribution in [3.8, 4) is 0 Å². The van der Waals surface area contributed by atoms with Crippen LogP contribution in [0.1, 0.15) is 36.1 Å². The number of aryl methyl sites for hydroxylation is 1. The molecule has 0 amide bonds. The first kappa shape index (κ1) is 19.4. The molecule has 142 valence electrons. The third kappa shape index (κ3) is 4.67. The summed E-state index contributed by atoms with van der Waals surface area (Å²) in [5, 5.41) is 15.7. The van der Waals surface area contributed by atoms with Crippen LogP contribution >= 0.6 is 0 Å². The highest BCUT2D eigenvalue weighted by Gasteiger charge is 2.30. The van der Waals surface area contributed by atoms with Crippen LogP contribution in [-0.2, 0) is 12.6 Å². The van der Waals surface area contributed by atoms with Crippen molar-refractivity contribution in [1.29, 1.82) is 0 Å². The van der Waals surface area contributed by atoms with Gasteiger partial charge < -0.3 is 10.3 Å². The molecule has 27 heavy (non-hydrogen) atoms. The fourth-order valence-electron chi connectivity index (χ4n) is 3.31. The number of halogens is 3. The first-order valence-corrected chi connectivity index (χ1v) is 8.94. The van der Waals surface area contributed by atoms with Gasteiger partial charge >= 0.3 is 6.18 Å². The molecule has 0 saturated carbocycles. The van der Waals surface area contributed by atoms with Gasteiger partial charge in [0.15, 0.2) is 0 Å². The second-order valence-electron chi connectivity index (χ2n) is 6.69. The average molecular weight is 372 g/mol. The van der Waals surface area contributed by atoms with Crippen LogP contribution in [0.2, 0.25) is 0 Å². The van der Waals surface area contributed by atoms with Crippen LogP contribution in [0.5, 0.6) is 0 Å². The molecule has 0 radical (unpaired) electrons. The van der Waals surface area contributed by atoms with Gasteiger partial charge in [-0.3, -0.25) is 0 Å².